The third-order valence-electron chi connectivity index (χ3n) is 1.97. The van der Waals surface area contributed by atoms with E-state index in [1.54, 1.807) is 12.1 Å². The second kappa shape index (κ2) is 5.47. The van der Waals surface area contributed by atoms with Gasteiger partial charge in [0.1, 0.15) is 5.76 Å². The van der Waals surface area contributed by atoms with Gasteiger partial charge >= 0.3 is 0 Å². The van der Waals surface area contributed by atoms with E-state index in [0.29, 0.717) is 5.76 Å². The molecule has 0 bridgehead atoms. The third kappa shape index (κ3) is 3.62. The number of sulfonamides is 1. The maximum Gasteiger partial charge on any atom is 0.236 e. The zero-order valence-electron chi connectivity index (χ0n) is 8.72. The van der Waals surface area contributed by atoms with E-state index in [1.807, 2.05) is 0 Å². The Labute approximate surface area is 99.0 Å². The predicted octanol–water partition coefficient (Wildman–Crippen LogP) is 1.20. The molecule has 16 heavy (non-hydrogen) atoms. The molecule has 7 heteroatoms. The van der Waals surface area contributed by atoms with Crippen molar-refractivity contribution in [2.75, 3.05) is 12.3 Å². The van der Waals surface area contributed by atoms with Crippen LogP contribution in [0, 0.1) is 0 Å². The zero-order chi connectivity index (χ0) is 12.2. The van der Waals surface area contributed by atoms with Gasteiger partial charge in [-0.1, -0.05) is 0 Å². The first-order chi connectivity index (χ1) is 7.45. The van der Waals surface area contributed by atoms with Gasteiger partial charge in [-0.2, -0.15) is 4.31 Å². The van der Waals surface area contributed by atoms with Crippen LogP contribution in [-0.2, 0) is 21.4 Å². The summed E-state index contributed by atoms with van der Waals surface area (Å²) >= 11 is 5.20. The van der Waals surface area contributed by atoms with Crippen LogP contribution >= 0.6 is 11.6 Å². The average Bonchev–Trinajstić information content (AvgIpc) is 2.69. The number of halogens is 1. The Kier molecular flexibility index (Phi) is 4.52. The van der Waals surface area contributed by atoms with Crippen molar-refractivity contribution in [2.45, 2.75) is 13.5 Å². The van der Waals surface area contributed by atoms with E-state index in [-0.39, 0.29) is 18.8 Å². The van der Waals surface area contributed by atoms with Crippen LogP contribution in [0.15, 0.2) is 22.8 Å². The summed E-state index contributed by atoms with van der Waals surface area (Å²) in [5.74, 6) is 0.382. The lowest BCUT2D eigenvalue weighted by Gasteiger charge is -2.18. The lowest BCUT2D eigenvalue weighted by atomic mass is 10.4. The van der Waals surface area contributed by atoms with Gasteiger partial charge in [0, 0.05) is 0 Å². The van der Waals surface area contributed by atoms with E-state index in [2.05, 4.69) is 0 Å². The van der Waals surface area contributed by atoms with Gasteiger partial charge < -0.3 is 4.42 Å². The molecule has 1 aromatic rings. The molecular formula is C9H12ClNO4S. The quantitative estimate of drug-likeness (QED) is 0.725. The van der Waals surface area contributed by atoms with Gasteiger partial charge in [0.05, 0.1) is 25.1 Å². The molecule has 0 saturated carbocycles. The Balaban J connectivity index is 2.84. The van der Waals surface area contributed by atoms with Gasteiger partial charge in [-0.15, -0.1) is 0 Å². The Hall–Kier alpha value is -0.850. The number of nitrogens with zero attached hydrogens (tertiary/aromatic N) is 1. The summed E-state index contributed by atoms with van der Waals surface area (Å²) in [5, 5.41) is -0.719. The molecule has 0 saturated heterocycles. The summed E-state index contributed by atoms with van der Waals surface area (Å²) < 4.78 is 29.3. The molecule has 0 fully saturated rings. The molecule has 0 aliphatic heterocycles. The van der Waals surface area contributed by atoms with Crippen molar-refractivity contribution in [1.82, 2.24) is 4.31 Å². The van der Waals surface area contributed by atoms with Crippen molar-refractivity contribution < 1.29 is 17.6 Å². The van der Waals surface area contributed by atoms with Gasteiger partial charge in [-0.25, -0.2) is 8.42 Å². The van der Waals surface area contributed by atoms with E-state index >= 15 is 0 Å². The molecule has 0 aliphatic carbocycles. The van der Waals surface area contributed by atoms with E-state index in [9.17, 15) is 13.2 Å². The van der Waals surface area contributed by atoms with Crippen molar-refractivity contribution in [1.29, 1.82) is 0 Å². The molecular weight excluding hydrogens is 254 g/mol. The predicted molar refractivity (Wildman–Crippen MR) is 59.4 cm³/mol. The van der Waals surface area contributed by atoms with E-state index in [4.69, 9.17) is 16.0 Å². The Bertz CT molecular complexity index is 440. The SMILES string of the molecule is CCS(=O)(=O)N(CC(=O)Cl)Cc1ccco1. The van der Waals surface area contributed by atoms with Crippen molar-refractivity contribution in [3.05, 3.63) is 24.2 Å². The molecule has 0 radical (unpaired) electrons. The largest absolute Gasteiger partial charge is 0.468 e. The Morgan fingerprint density at radius 1 is 1.56 bits per heavy atom. The molecule has 0 aromatic carbocycles. The van der Waals surface area contributed by atoms with Gasteiger partial charge in [0.25, 0.3) is 0 Å². The topological polar surface area (TPSA) is 67.6 Å². The van der Waals surface area contributed by atoms with Crippen LogP contribution in [0.4, 0.5) is 0 Å². The van der Waals surface area contributed by atoms with Crippen LogP contribution in [-0.4, -0.2) is 30.3 Å². The Morgan fingerprint density at radius 3 is 2.69 bits per heavy atom. The summed E-state index contributed by atoms with van der Waals surface area (Å²) in [5.41, 5.74) is 0. The van der Waals surface area contributed by atoms with E-state index in [0.717, 1.165) is 4.31 Å². The first kappa shape index (κ1) is 13.2. The second-order valence-corrected chi connectivity index (χ2v) is 5.78. The van der Waals surface area contributed by atoms with Crippen LogP contribution in [0.2, 0.25) is 0 Å². The minimum atomic E-state index is -3.46. The standard InChI is InChI=1S/C9H12ClNO4S/c1-2-16(13,14)11(7-9(10)12)6-8-4-3-5-15-8/h3-5H,2,6-7H2,1H3. The lowest BCUT2D eigenvalue weighted by molar-refractivity contribution is -0.112. The molecule has 1 rings (SSSR count). The van der Waals surface area contributed by atoms with Crippen LogP contribution in [0.3, 0.4) is 0 Å². The highest BCUT2D eigenvalue weighted by Gasteiger charge is 2.23. The lowest BCUT2D eigenvalue weighted by Crippen LogP contribution is -2.34. The normalized spacial score (nSPS) is 11.9. The van der Waals surface area contributed by atoms with E-state index < -0.39 is 15.3 Å². The highest BCUT2D eigenvalue weighted by Crippen LogP contribution is 2.10. The Morgan fingerprint density at radius 2 is 2.25 bits per heavy atom. The van der Waals surface area contributed by atoms with Gasteiger partial charge in [-0.05, 0) is 30.7 Å². The molecule has 0 N–H and O–H groups in total. The van der Waals surface area contributed by atoms with Crippen molar-refractivity contribution in [3.8, 4) is 0 Å². The van der Waals surface area contributed by atoms with Crippen molar-refractivity contribution >= 4 is 26.9 Å². The number of carbonyl (C=O) groups excluding carboxylic acids is 1. The van der Waals surface area contributed by atoms with Crippen LogP contribution in [0.1, 0.15) is 12.7 Å². The highest BCUT2D eigenvalue weighted by molar-refractivity contribution is 7.89. The van der Waals surface area contributed by atoms with Crippen LogP contribution in [0.5, 0.6) is 0 Å². The molecule has 0 atom stereocenters. The molecule has 1 aromatic heterocycles. The average molecular weight is 266 g/mol. The number of hydrogen-bond acceptors (Lipinski definition) is 4. The molecule has 90 valence electrons. The fraction of sp³-hybridized carbons (Fsp3) is 0.444. The summed E-state index contributed by atoms with van der Waals surface area (Å²) in [6.45, 7) is 1.17. The fourth-order valence-corrected chi connectivity index (χ4v) is 2.37. The number of rotatable bonds is 6. The summed E-state index contributed by atoms with van der Waals surface area (Å²) in [7, 11) is -3.46. The first-order valence-corrected chi connectivity index (χ1v) is 6.63. The van der Waals surface area contributed by atoms with Gasteiger partial charge in [0.15, 0.2) is 0 Å². The molecule has 5 nitrogen and oxygen atoms in total. The van der Waals surface area contributed by atoms with Crippen LogP contribution in [0.25, 0.3) is 0 Å². The smallest absolute Gasteiger partial charge is 0.236 e. The minimum Gasteiger partial charge on any atom is -0.468 e. The minimum absolute atomic E-state index is 0.0155. The second-order valence-electron chi connectivity index (χ2n) is 3.10. The van der Waals surface area contributed by atoms with Crippen LogP contribution < -0.4 is 0 Å². The van der Waals surface area contributed by atoms with Gasteiger partial charge in [-0.3, -0.25) is 4.79 Å². The summed E-state index contributed by atoms with van der Waals surface area (Å²) in [4.78, 5) is 10.8. The summed E-state index contributed by atoms with van der Waals surface area (Å²) in [6, 6.07) is 3.28. The molecule has 0 unspecified atom stereocenters. The number of furan rings is 1. The van der Waals surface area contributed by atoms with Crippen molar-refractivity contribution in [3.63, 3.8) is 0 Å². The molecule has 0 spiro atoms. The number of carbonyl (C=O) groups is 1. The number of hydrogen-bond donors (Lipinski definition) is 0. The molecule has 0 amide bonds. The molecule has 0 aliphatic rings. The highest BCUT2D eigenvalue weighted by atomic mass is 35.5. The summed E-state index contributed by atoms with van der Waals surface area (Å²) in [6.07, 6.45) is 1.44. The zero-order valence-corrected chi connectivity index (χ0v) is 10.3. The van der Waals surface area contributed by atoms with E-state index in [1.165, 1.54) is 13.2 Å². The maximum atomic E-state index is 11.6. The fourth-order valence-electron chi connectivity index (χ4n) is 1.15. The van der Waals surface area contributed by atoms with Crippen molar-refractivity contribution in [2.24, 2.45) is 0 Å². The first-order valence-electron chi connectivity index (χ1n) is 4.64. The maximum absolute atomic E-state index is 11.6. The monoisotopic (exact) mass is 265 g/mol. The van der Waals surface area contributed by atoms with Gasteiger partial charge in [0.2, 0.25) is 15.3 Å². The molecule has 1 heterocycles. The third-order valence-corrected chi connectivity index (χ3v) is 3.87.